The van der Waals surface area contributed by atoms with E-state index in [1.165, 1.54) is 5.56 Å². The number of rotatable bonds is 7. The second-order valence-electron chi connectivity index (χ2n) is 7.21. The number of hydrogen-bond donors (Lipinski definition) is 1. The van der Waals surface area contributed by atoms with Crippen molar-refractivity contribution in [1.29, 1.82) is 0 Å². The monoisotopic (exact) mass is 365 g/mol. The Labute approximate surface area is 163 Å². The molecule has 5 nitrogen and oxygen atoms in total. The van der Waals surface area contributed by atoms with Crippen molar-refractivity contribution < 1.29 is 0 Å². The number of aromatic nitrogens is 2. The first-order valence-corrected chi connectivity index (χ1v) is 9.95. The second kappa shape index (κ2) is 9.51. The van der Waals surface area contributed by atoms with Crippen molar-refractivity contribution in [3.05, 3.63) is 53.9 Å². The molecule has 1 aliphatic heterocycles. The Bertz CT molecular complexity index is 736. The highest BCUT2D eigenvalue weighted by Crippen LogP contribution is 2.18. The van der Waals surface area contributed by atoms with Gasteiger partial charge < -0.3 is 10.2 Å². The van der Waals surface area contributed by atoms with Gasteiger partial charge in [0.25, 0.3) is 0 Å². The van der Waals surface area contributed by atoms with Crippen LogP contribution in [0.1, 0.15) is 31.7 Å². The molecule has 1 aromatic carbocycles. The van der Waals surface area contributed by atoms with E-state index in [-0.39, 0.29) is 0 Å². The Hall–Kier alpha value is -2.40. The third-order valence-electron chi connectivity index (χ3n) is 5.00. The minimum absolute atomic E-state index is 0.417. The van der Waals surface area contributed by atoms with E-state index in [4.69, 9.17) is 0 Å². The fourth-order valence-corrected chi connectivity index (χ4v) is 3.20. The normalized spacial score (nSPS) is 16.6. The zero-order valence-electron chi connectivity index (χ0n) is 16.7. The van der Waals surface area contributed by atoms with E-state index < -0.39 is 0 Å². The van der Waals surface area contributed by atoms with Gasteiger partial charge in [-0.05, 0) is 25.8 Å². The van der Waals surface area contributed by atoms with Crippen LogP contribution in [0.15, 0.2) is 42.5 Å². The van der Waals surface area contributed by atoms with Crippen LogP contribution in [0.4, 0.5) is 11.6 Å². The van der Waals surface area contributed by atoms with Crippen molar-refractivity contribution >= 4 is 17.7 Å². The van der Waals surface area contributed by atoms with Crippen LogP contribution in [0.25, 0.3) is 6.08 Å². The van der Waals surface area contributed by atoms with Crippen LogP contribution >= 0.6 is 0 Å². The van der Waals surface area contributed by atoms with Crippen molar-refractivity contribution in [2.45, 2.75) is 33.2 Å². The SMILES string of the molecule is CCC(C)Nc1cc(N2CCN(C/C=C/c3ccccc3)CC2)nc(C)n1. The summed E-state index contributed by atoms with van der Waals surface area (Å²) >= 11 is 0. The van der Waals surface area contributed by atoms with E-state index in [1.54, 1.807) is 0 Å². The second-order valence-corrected chi connectivity index (χ2v) is 7.21. The Balaban J connectivity index is 1.53. The molecule has 2 aromatic rings. The number of nitrogens with zero attached hydrogens (tertiary/aromatic N) is 4. The van der Waals surface area contributed by atoms with E-state index in [0.29, 0.717) is 6.04 Å². The van der Waals surface area contributed by atoms with Crippen molar-refractivity contribution in [1.82, 2.24) is 14.9 Å². The fourth-order valence-electron chi connectivity index (χ4n) is 3.20. The molecule has 1 aromatic heterocycles. The summed E-state index contributed by atoms with van der Waals surface area (Å²) in [6.45, 7) is 11.4. The van der Waals surface area contributed by atoms with E-state index in [9.17, 15) is 0 Å². The summed E-state index contributed by atoms with van der Waals surface area (Å²) < 4.78 is 0. The van der Waals surface area contributed by atoms with Crippen LogP contribution in [0.2, 0.25) is 0 Å². The molecule has 1 atom stereocenters. The van der Waals surface area contributed by atoms with Gasteiger partial charge in [0.15, 0.2) is 0 Å². The molecule has 144 valence electrons. The molecule has 0 amide bonds. The summed E-state index contributed by atoms with van der Waals surface area (Å²) in [4.78, 5) is 14.0. The van der Waals surface area contributed by atoms with E-state index in [2.05, 4.69) is 87.5 Å². The summed E-state index contributed by atoms with van der Waals surface area (Å²) in [5.74, 6) is 2.79. The van der Waals surface area contributed by atoms with E-state index in [1.807, 2.05) is 6.92 Å². The van der Waals surface area contributed by atoms with Gasteiger partial charge in [-0.25, -0.2) is 9.97 Å². The van der Waals surface area contributed by atoms with Gasteiger partial charge in [-0.1, -0.05) is 49.4 Å². The van der Waals surface area contributed by atoms with Crippen LogP contribution in [-0.2, 0) is 0 Å². The van der Waals surface area contributed by atoms with Gasteiger partial charge in [-0.3, -0.25) is 4.90 Å². The van der Waals surface area contributed by atoms with Crippen LogP contribution < -0.4 is 10.2 Å². The summed E-state index contributed by atoms with van der Waals surface area (Å²) in [5.41, 5.74) is 1.26. The average Bonchev–Trinajstić information content (AvgIpc) is 2.69. The van der Waals surface area contributed by atoms with Gasteiger partial charge in [0.2, 0.25) is 0 Å². The summed E-state index contributed by atoms with van der Waals surface area (Å²) in [6.07, 6.45) is 5.54. The Morgan fingerprint density at radius 1 is 1.11 bits per heavy atom. The highest BCUT2D eigenvalue weighted by molar-refractivity contribution is 5.50. The maximum Gasteiger partial charge on any atom is 0.134 e. The topological polar surface area (TPSA) is 44.3 Å². The lowest BCUT2D eigenvalue weighted by molar-refractivity contribution is 0.283. The van der Waals surface area contributed by atoms with Crippen molar-refractivity contribution in [3.63, 3.8) is 0 Å². The molecule has 2 heterocycles. The van der Waals surface area contributed by atoms with Gasteiger partial charge in [0, 0.05) is 44.8 Å². The number of aryl methyl sites for hydroxylation is 1. The molecule has 5 heteroatoms. The van der Waals surface area contributed by atoms with Gasteiger partial charge in [-0.2, -0.15) is 0 Å². The first kappa shape index (κ1) is 19.4. The molecule has 0 bridgehead atoms. The molecule has 1 aliphatic rings. The number of piperazine rings is 1. The van der Waals surface area contributed by atoms with Crippen LogP contribution in [0, 0.1) is 6.92 Å². The predicted octanol–water partition coefficient (Wildman–Crippen LogP) is 3.83. The molecule has 1 saturated heterocycles. The van der Waals surface area contributed by atoms with Crippen LogP contribution in [0.5, 0.6) is 0 Å². The van der Waals surface area contributed by atoms with Crippen molar-refractivity contribution in [2.75, 3.05) is 42.9 Å². The minimum atomic E-state index is 0.417. The van der Waals surface area contributed by atoms with Crippen molar-refractivity contribution in [2.24, 2.45) is 0 Å². The molecule has 1 N–H and O–H groups in total. The molecule has 1 fully saturated rings. The predicted molar refractivity (Wildman–Crippen MR) is 114 cm³/mol. The zero-order valence-corrected chi connectivity index (χ0v) is 16.7. The molecular formula is C22H31N5. The third-order valence-corrected chi connectivity index (χ3v) is 5.00. The summed E-state index contributed by atoms with van der Waals surface area (Å²) in [6, 6.07) is 13.0. The first-order valence-electron chi connectivity index (χ1n) is 9.95. The van der Waals surface area contributed by atoms with Gasteiger partial charge in [-0.15, -0.1) is 0 Å². The molecule has 0 saturated carbocycles. The van der Waals surface area contributed by atoms with Gasteiger partial charge in [0.05, 0.1) is 0 Å². The van der Waals surface area contributed by atoms with E-state index >= 15 is 0 Å². The number of benzene rings is 1. The summed E-state index contributed by atoms with van der Waals surface area (Å²) in [5, 5.41) is 3.47. The Morgan fingerprint density at radius 3 is 2.56 bits per heavy atom. The molecule has 1 unspecified atom stereocenters. The quantitative estimate of drug-likeness (QED) is 0.808. The van der Waals surface area contributed by atoms with Crippen LogP contribution in [0.3, 0.4) is 0 Å². The fraction of sp³-hybridized carbons (Fsp3) is 0.455. The third kappa shape index (κ3) is 5.79. The molecule has 0 aliphatic carbocycles. The highest BCUT2D eigenvalue weighted by Gasteiger charge is 2.18. The highest BCUT2D eigenvalue weighted by atomic mass is 15.3. The van der Waals surface area contributed by atoms with E-state index in [0.717, 1.165) is 56.6 Å². The van der Waals surface area contributed by atoms with Gasteiger partial charge in [0.1, 0.15) is 17.5 Å². The maximum absolute atomic E-state index is 4.66. The number of hydrogen-bond acceptors (Lipinski definition) is 5. The summed E-state index contributed by atoms with van der Waals surface area (Å²) in [7, 11) is 0. The van der Waals surface area contributed by atoms with Crippen LogP contribution in [-0.4, -0.2) is 53.6 Å². The number of anilines is 2. The first-order chi connectivity index (χ1) is 13.1. The molecule has 27 heavy (non-hydrogen) atoms. The largest absolute Gasteiger partial charge is 0.367 e. The Morgan fingerprint density at radius 2 is 1.85 bits per heavy atom. The lowest BCUT2D eigenvalue weighted by Gasteiger charge is -2.35. The Kier molecular flexibility index (Phi) is 6.82. The lowest BCUT2D eigenvalue weighted by Crippen LogP contribution is -2.46. The van der Waals surface area contributed by atoms with Gasteiger partial charge >= 0.3 is 0 Å². The molecular weight excluding hydrogens is 334 g/mol. The standard InChI is InChI=1S/C22H31N5/c1-4-18(2)23-21-17-22(25-19(3)24-21)27-15-13-26(14-16-27)12-8-11-20-9-6-5-7-10-20/h5-11,17-18H,4,12-16H2,1-3H3,(H,23,24,25)/b11-8+. The average molecular weight is 366 g/mol. The lowest BCUT2D eigenvalue weighted by atomic mass is 10.2. The minimum Gasteiger partial charge on any atom is -0.367 e. The molecule has 3 rings (SSSR count). The molecule has 0 spiro atoms. The smallest absolute Gasteiger partial charge is 0.134 e. The molecule has 0 radical (unpaired) electrons. The number of nitrogens with one attached hydrogen (secondary N) is 1. The maximum atomic E-state index is 4.66. The van der Waals surface area contributed by atoms with Crippen molar-refractivity contribution in [3.8, 4) is 0 Å². The zero-order chi connectivity index (χ0) is 19.1.